The van der Waals surface area contributed by atoms with Crippen LogP contribution in [0.15, 0.2) is 127 Å². The normalized spacial score (nSPS) is 16.9. The van der Waals surface area contributed by atoms with Crippen molar-refractivity contribution in [2.45, 2.75) is 33.1 Å². The maximum Gasteiger partial charge on any atom is 0.319 e. The zero-order valence-electron chi connectivity index (χ0n) is 35.7. The first kappa shape index (κ1) is 52.1. The molecular formula is C42H39Cl2CoN10O9S2-. The molecule has 0 fully saturated rings. The molecule has 24 heteroatoms. The number of carbonyl (C=O) groups excluding carboxylic acids is 2. The molecule has 1 aliphatic heterocycles. The maximum absolute atomic E-state index is 11.1. The van der Waals surface area contributed by atoms with E-state index in [1.807, 2.05) is 0 Å². The summed E-state index contributed by atoms with van der Waals surface area (Å²) in [5, 5.41) is 53.7. The molecule has 0 atom stereocenters. The number of carbonyl (C=O) groups is 2. The first-order valence-electron chi connectivity index (χ1n) is 19.1. The van der Waals surface area contributed by atoms with E-state index in [4.69, 9.17) is 27.9 Å². The van der Waals surface area contributed by atoms with Gasteiger partial charge in [0.15, 0.2) is 5.71 Å². The van der Waals surface area contributed by atoms with Crippen molar-refractivity contribution in [3.8, 4) is 5.75 Å². The second-order valence-electron chi connectivity index (χ2n) is 13.9. The van der Waals surface area contributed by atoms with Crippen LogP contribution in [-0.2, 0) is 31.8 Å². The van der Waals surface area contributed by atoms with E-state index in [1.165, 1.54) is 22.6 Å². The molecule has 7 rings (SSSR count). The van der Waals surface area contributed by atoms with Crippen LogP contribution in [0.25, 0.3) is 6.08 Å². The number of halogens is 2. The molecule has 0 bridgehead atoms. The zero-order valence-corrected chi connectivity index (χ0v) is 39.9. The van der Waals surface area contributed by atoms with Gasteiger partial charge in [-0.3, -0.25) is 40.0 Å². The second kappa shape index (κ2) is 23.1. The number of methoxy groups -OCH3 is 1. The van der Waals surface area contributed by atoms with Crippen molar-refractivity contribution in [3.63, 3.8) is 0 Å². The molecule has 0 amide bonds. The van der Waals surface area contributed by atoms with E-state index < -0.39 is 21.4 Å². The van der Waals surface area contributed by atoms with E-state index in [0.717, 1.165) is 83.8 Å². The predicted molar refractivity (Wildman–Crippen MR) is 250 cm³/mol. The molecule has 0 unspecified atom stereocenters. The van der Waals surface area contributed by atoms with Crippen molar-refractivity contribution in [2.75, 3.05) is 32.1 Å². The summed E-state index contributed by atoms with van der Waals surface area (Å²) >= 11 is 12.6. The SMILES string of the molecule is CCN(CC)c1ccc(/C=C/C2=[N+](C)c3ccccc3C2(C)C)c(OC)c1.O=C1C=C(O)C(=NN=c2[n-]cc([N+](=O)[O-])s2)C=C1Cl.O=C1C=C(O)C(=NN=c2[n-]cc([N+](=O)[O-])s2)C=C1Cl.[Co]. The first-order chi connectivity index (χ1) is 30.9. The molecule has 0 saturated heterocycles. The summed E-state index contributed by atoms with van der Waals surface area (Å²) in [6, 6.07) is 15.1. The van der Waals surface area contributed by atoms with Crippen LogP contribution >= 0.6 is 45.9 Å². The van der Waals surface area contributed by atoms with Gasteiger partial charge >= 0.3 is 10.0 Å². The third-order valence-electron chi connectivity index (χ3n) is 9.57. The predicted octanol–water partition coefficient (Wildman–Crippen LogP) is 7.29. The van der Waals surface area contributed by atoms with Crippen LogP contribution in [0.5, 0.6) is 5.75 Å². The Morgan fingerprint density at radius 2 is 1.32 bits per heavy atom. The minimum Gasteiger partial charge on any atom is -0.506 e. The standard InChI is InChI=1S/C24H31N2O.2C9H5ClN4O4S.Co/c1-7-26(8-2)19-15-13-18(22(17-19)27-6)14-16-23-24(3,4)20-11-9-10-12-21(20)25(23)5;2*10-4-1-5(7(16)2-6(4)15)12-13-9-11-3-8(19-9)14(17)18;/h9-17H,7-8H2,1-6H3;2*1-3H,(H2,11,13,15,16);/q+1;;;/p-2. The third-order valence-corrected chi connectivity index (χ3v) is 11.8. The monoisotopic (exact) mass is 1020 g/mol. The summed E-state index contributed by atoms with van der Waals surface area (Å²) in [6.45, 7) is 10.9. The number of aromatic nitrogens is 2. The van der Waals surface area contributed by atoms with Crippen molar-refractivity contribution in [3.05, 3.63) is 148 Å². The van der Waals surface area contributed by atoms with Gasteiger partial charge in [0.2, 0.25) is 17.3 Å². The van der Waals surface area contributed by atoms with E-state index in [2.05, 4.69) is 129 Å². The maximum atomic E-state index is 11.1. The van der Waals surface area contributed by atoms with Crippen LogP contribution in [0.3, 0.4) is 0 Å². The van der Waals surface area contributed by atoms with Gasteiger partial charge in [0.1, 0.15) is 35.7 Å². The number of para-hydroxylation sites is 1. The molecule has 347 valence electrons. The second-order valence-corrected chi connectivity index (χ2v) is 16.7. The van der Waals surface area contributed by atoms with Crippen molar-refractivity contribution in [1.29, 1.82) is 0 Å². The van der Waals surface area contributed by atoms with E-state index in [-0.39, 0.29) is 74.8 Å². The van der Waals surface area contributed by atoms with E-state index in [9.17, 15) is 40.0 Å². The van der Waals surface area contributed by atoms with Crippen LogP contribution in [-0.4, -0.2) is 80.6 Å². The Kier molecular flexibility index (Phi) is 18.2. The smallest absolute Gasteiger partial charge is 0.319 e. The van der Waals surface area contributed by atoms with Crippen LogP contribution in [0.2, 0.25) is 0 Å². The van der Waals surface area contributed by atoms with Gasteiger partial charge in [-0.2, -0.15) is 4.58 Å². The summed E-state index contributed by atoms with van der Waals surface area (Å²) in [5.41, 5.74) is 6.18. The molecule has 3 heterocycles. The largest absolute Gasteiger partial charge is 0.506 e. The number of rotatable bonds is 10. The van der Waals surface area contributed by atoms with Gasteiger partial charge in [-0.15, -0.1) is 0 Å². The molecule has 2 aliphatic carbocycles. The molecule has 3 aliphatic rings. The Hall–Kier alpha value is -6.56. The summed E-state index contributed by atoms with van der Waals surface area (Å²) in [4.78, 5) is 51.6. The average Bonchev–Trinajstić information content (AvgIpc) is 4.01. The van der Waals surface area contributed by atoms with Crippen molar-refractivity contribution < 1.29 is 55.7 Å². The third kappa shape index (κ3) is 12.6. The topological polar surface area (TPSA) is 254 Å². The van der Waals surface area contributed by atoms with Crippen molar-refractivity contribution >= 4 is 102 Å². The molecular weight excluding hydrogens is 982 g/mol. The fraction of sp³-hybridized carbons (Fsp3) is 0.214. The number of fused-ring (bicyclic) bond motifs is 1. The molecule has 66 heavy (non-hydrogen) atoms. The molecule has 0 spiro atoms. The summed E-state index contributed by atoms with van der Waals surface area (Å²) in [7, 11) is 3.89. The van der Waals surface area contributed by atoms with Gasteiger partial charge in [-0.1, -0.05) is 64.1 Å². The van der Waals surface area contributed by atoms with Crippen LogP contribution in [0.1, 0.15) is 38.8 Å². The molecule has 19 nitrogen and oxygen atoms in total. The van der Waals surface area contributed by atoms with Crippen molar-refractivity contribution in [2.24, 2.45) is 20.4 Å². The van der Waals surface area contributed by atoms with Gasteiger partial charge in [0.05, 0.1) is 32.4 Å². The van der Waals surface area contributed by atoms with Gasteiger partial charge in [0.25, 0.3) is 0 Å². The number of aliphatic hydroxyl groups excluding tert-OH is 2. The van der Waals surface area contributed by atoms with E-state index in [1.54, 1.807) is 7.11 Å². The van der Waals surface area contributed by atoms with Gasteiger partial charge in [-0.25, -0.2) is 0 Å². The van der Waals surface area contributed by atoms with Crippen molar-refractivity contribution in [1.82, 2.24) is 9.97 Å². The van der Waals surface area contributed by atoms with Gasteiger partial charge in [-0.05, 0) is 58.1 Å². The number of hydrogen-bond donors (Lipinski definition) is 2. The fourth-order valence-corrected chi connectivity index (χ4v) is 7.71. The number of nitro groups is 2. The quantitative estimate of drug-likeness (QED) is 0.0687. The minimum atomic E-state index is -0.600. The number of anilines is 1. The number of ketones is 2. The van der Waals surface area contributed by atoms with Gasteiger partial charge in [0, 0.05) is 99.0 Å². The Morgan fingerprint density at radius 3 is 1.76 bits per heavy atom. The fourth-order valence-electron chi connectivity index (χ4n) is 6.29. The zero-order chi connectivity index (χ0) is 47.6. The molecule has 1 radical (unpaired) electrons. The average molecular weight is 1020 g/mol. The Morgan fingerprint density at radius 1 is 0.818 bits per heavy atom. The van der Waals surface area contributed by atoms with Gasteiger partial charge < -0.3 is 40.0 Å². The first-order valence-corrected chi connectivity index (χ1v) is 21.5. The molecule has 0 saturated carbocycles. The van der Waals surface area contributed by atoms with Crippen LogP contribution in [0.4, 0.5) is 21.4 Å². The number of allylic oxidation sites excluding steroid dienone is 7. The number of aliphatic hydroxyl groups is 2. The van der Waals surface area contributed by atoms with E-state index >= 15 is 0 Å². The number of hydrogen-bond acceptors (Lipinski definition) is 16. The Balaban J connectivity index is 0.000000220. The summed E-state index contributed by atoms with van der Waals surface area (Å²) in [5.74, 6) is -0.938. The number of ether oxygens (including phenoxy) is 1. The van der Waals surface area contributed by atoms with E-state index in [0.29, 0.717) is 0 Å². The molecule has 2 aromatic heterocycles. The Bertz CT molecular complexity index is 2830. The number of thiazole rings is 2. The van der Waals surface area contributed by atoms with Crippen LogP contribution < -0.4 is 29.2 Å². The Labute approximate surface area is 404 Å². The summed E-state index contributed by atoms with van der Waals surface area (Å²) in [6.07, 6.45) is 10.6. The summed E-state index contributed by atoms with van der Waals surface area (Å²) < 4.78 is 7.97. The number of benzene rings is 2. The minimum absolute atomic E-state index is 0. The molecule has 2 aromatic carbocycles. The van der Waals surface area contributed by atoms with Crippen LogP contribution in [0, 0.1) is 20.2 Å². The molecule has 4 aromatic rings. The molecule has 2 N–H and O–H groups in total. The number of nitrogens with zero attached hydrogens (tertiary/aromatic N) is 10.